The molecule has 0 aliphatic heterocycles. The van der Waals surface area contributed by atoms with Gasteiger partial charge in [-0.15, -0.1) is 0 Å². The average molecular weight is 507 g/mol. The molecule has 1 unspecified atom stereocenters. The first kappa shape index (κ1) is 27.6. The van der Waals surface area contributed by atoms with E-state index in [0.717, 1.165) is 53.9 Å². The van der Waals surface area contributed by atoms with Crippen molar-refractivity contribution in [2.75, 3.05) is 14.2 Å². The minimum Gasteiger partial charge on any atom is -0.306 e. The predicted octanol–water partition coefficient (Wildman–Crippen LogP) is 8.80. The summed E-state index contributed by atoms with van der Waals surface area (Å²) in [6.07, 6.45) is 19.3. The van der Waals surface area contributed by atoms with Crippen molar-refractivity contribution < 1.29 is 18.4 Å². The Morgan fingerprint density at radius 2 is 1.69 bits per heavy atom. The second kappa shape index (κ2) is 10.7. The van der Waals surface area contributed by atoms with E-state index in [9.17, 15) is 9.36 Å². The van der Waals surface area contributed by atoms with Crippen molar-refractivity contribution in [1.82, 2.24) is 0 Å². The number of carbonyl (C=O) groups excluding carboxylic acids is 1. The number of hydrogen-bond acceptors (Lipinski definition) is 4. The highest BCUT2D eigenvalue weighted by Gasteiger charge is 2.60. The van der Waals surface area contributed by atoms with Crippen molar-refractivity contribution in [1.29, 1.82) is 0 Å². The Morgan fingerprint density at radius 1 is 0.971 bits per heavy atom. The highest BCUT2D eigenvalue weighted by atomic mass is 31.2. The van der Waals surface area contributed by atoms with Gasteiger partial charge in [-0.25, -0.2) is 0 Å². The maximum Gasteiger partial charge on any atom is 0.400 e. The molecule has 4 rings (SSSR count). The molecule has 200 valence electrons. The molecule has 5 heteroatoms. The largest absolute Gasteiger partial charge is 0.400 e. The van der Waals surface area contributed by atoms with E-state index in [2.05, 4.69) is 20.8 Å². The van der Waals surface area contributed by atoms with Gasteiger partial charge in [0, 0.05) is 14.2 Å². The lowest BCUT2D eigenvalue weighted by molar-refractivity contribution is -0.114. The van der Waals surface area contributed by atoms with Crippen LogP contribution in [0.5, 0.6) is 0 Å². The Morgan fingerprint density at radius 3 is 2.40 bits per heavy atom. The molecule has 4 fully saturated rings. The smallest absolute Gasteiger partial charge is 0.306 e. The number of fused-ring (bicyclic) bond motifs is 5. The topological polar surface area (TPSA) is 52.6 Å². The fourth-order valence-electron chi connectivity index (χ4n) is 9.79. The Balaban J connectivity index is 1.35. The van der Waals surface area contributed by atoms with Crippen molar-refractivity contribution in [3.05, 3.63) is 11.6 Å². The second-order valence-electron chi connectivity index (χ2n) is 13.2. The molecule has 4 nitrogen and oxygen atoms in total. The summed E-state index contributed by atoms with van der Waals surface area (Å²) in [5.74, 6) is 5.44. The van der Waals surface area contributed by atoms with Crippen molar-refractivity contribution >= 4 is 13.1 Å². The van der Waals surface area contributed by atoms with Crippen LogP contribution in [0.1, 0.15) is 111 Å². The number of hydrogen-bond donors (Lipinski definition) is 0. The Hall–Kier alpha value is -0.440. The SMILES string of the molecule is COP(=O)(OC)C(=O)C=C(C)CCC[C@@H](C)[C@H]1CC[C@H]2[C@@H]3CCC4CCCC[C@]4(C)[C@H]3CC[C@]12C. The Kier molecular flexibility index (Phi) is 8.47. The third-order valence-corrected chi connectivity index (χ3v) is 13.3. The molecule has 0 bridgehead atoms. The van der Waals surface area contributed by atoms with Crippen molar-refractivity contribution in [3.8, 4) is 0 Å². The van der Waals surface area contributed by atoms with Gasteiger partial charge in [-0.05, 0) is 124 Å². The molecule has 0 saturated heterocycles. The molecular formula is C30H51O4P. The summed E-state index contributed by atoms with van der Waals surface area (Å²) in [5, 5.41) is 0. The molecule has 0 amide bonds. The molecule has 0 aromatic heterocycles. The van der Waals surface area contributed by atoms with Gasteiger partial charge in [0.2, 0.25) is 0 Å². The molecule has 4 saturated carbocycles. The fraction of sp³-hybridized carbons (Fsp3) is 0.900. The summed E-state index contributed by atoms with van der Waals surface area (Å²) in [6, 6.07) is 0. The Bertz CT molecular complexity index is 843. The lowest BCUT2D eigenvalue weighted by atomic mass is 9.44. The van der Waals surface area contributed by atoms with Crippen LogP contribution in [-0.2, 0) is 18.4 Å². The molecule has 0 heterocycles. The quantitative estimate of drug-likeness (QED) is 0.232. The van der Waals surface area contributed by atoms with Gasteiger partial charge in [0.25, 0.3) is 5.52 Å². The van der Waals surface area contributed by atoms with E-state index in [0.29, 0.717) is 10.8 Å². The molecule has 0 radical (unpaired) electrons. The molecule has 0 aromatic rings. The summed E-state index contributed by atoms with van der Waals surface area (Å²) >= 11 is 0. The van der Waals surface area contributed by atoms with Crippen LogP contribution in [0.15, 0.2) is 11.6 Å². The minimum atomic E-state index is -3.66. The first-order chi connectivity index (χ1) is 16.6. The van der Waals surface area contributed by atoms with E-state index in [1.807, 2.05) is 6.92 Å². The number of allylic oxidation sites excluding steroid dienone is 2. The van der Waals surface area contributed by atoms with Gasteiger partial charge in [0.1, 0.15) is 0 Å². The van der Waals surface area contributed by atoms with Gasteiger partial charge in [0.05, 0.1) is 0 Å². The van der Waals surface area contributed by atoms with Crippen LogP contribution in [0.25, 0.3) is 0 Å². The minimum absolute atomic E-state index is 0.517. The van der Waals surface area contributed by atoms with Crippen LogP contribution in [0.3, 0.4) is 0 Å². The zero-order valence-corrected chi connectivity index (χ0v) is 24.2. The van der Waals surface area contributed by atoms with Crippen LogP contribution < -0.4 is 0 Å². The van der Waals surface area contributed by atoms with Gasteiger partial charge >= 0.3 is 7.60 Å². The van der Waals surface area contributed by atoms with Crippen molar-refractivity contribution in [2.24, 2.45) is 46.3 Å². The molecule has 4 aliphatic carbocycles. The molecule has 8 atom stereocenters. The Labute approximate surface area is 214 Å². The van der Waals surface area contributed by atoms with Crippen LogP contribution >= 0.6 is 7.60 Å². The molecule has 0 aromatic carbocycles. The van der Waals surface area contributed by atoms with E-state index < -0.39 is 13.1 Å². The normalized spacial score (nSPS) is 40.5. The first-order valence-corrected chi connectivity index (χ1v) is 16.1. The van der Waals surface area contributed by atoms with E-state index in [1.54, 1.807) is 0 Å². The first-order valence-electron chi connectivity index (χ1n) is 14.5. The van der Waals surface area contributed by atoms with Crippen LogP contribution in [0.2, 0.25) is 0 Å². The molecule has 4 aliphatic rings. The van der Waals surface area contributed by atoms with E-state index in [4.69, 9.17) is 9.05 Å². The summed E-state index contributed by atoms with van der Waals surface area (Å²) in [7, 11) is -1.14. The molecule has 0 N–H and O–H groups in total. The van der Waals surface area contributed by atoms with Crippen molar-refractivity contribution in [3.63, 3.8) is 0 Å². The van der Waals surface area contributed by atoms with Gasteiger partial charge < -0.3 is 9.05 Å². The molecule has 0 spiro atoms. The summed E-state index contributed by atoms with van der Waals surface area (Å²) in [4.78, 5) is 12.3. The standard InChI is InChI=1S/C30H51O4P/c1-21(20-28(31)35(32,33-5)34-6)10-9-11-22(2)25-15-16-26-24-14-13-23-12-7-8-18-29(23,3)27(24)17-19-30(25,26)4/h20,22-27H,7-19H2,1-6H3/t22-,23?,24+,25-,26+,27+,29+,30-/m1/s1. The number of rotatable bonds is 9. The van der Waals surface area contributed by atoms with Gasteiger partial charge in [0.15, 0.2) is 0 Å². The van der Waals surface area contributed by atoms with Gasteiger partial charge in [-0.2, -0.15) is 0 Å². The highest BCUT2D eigenvalue weighted by Crippen LogP contribution is 2.68. The van der Waals surface area contributed by atoms with Crippen LogP contribution in [0, 0.1) is 46.3 Å². The predicted molar refractivity (Wildman–Crippen MR) is 143 cm³/mol. The fourth-order valence-corrected chi connectivity index (χ4v) is 10.7. The average Bonchev–Trinajstić information content (AvgIpc) is 3.20. The molecule has 35 heavy (non-hydrogen) atoms. The summed E-state index contributed by atoms with van der Waals surface area (Å²) in [6.45, 7) is 9.78. The third kappa shape index (κ3) is 5.03. The summed E-state index contributed by atoms with van der Waals surface area (Å²) < 4.78 is 21.9. The summed E-state index contributed by atoms with van der Waals surface area (Å²) in [5.41, 5.74) is 1.56. The lowest BCUT2D eigenvalue weighted by Crippen LogP contribution is -2.53. The monoisotopic (exact) mass is 506 g/mol. The van der Waals surface area contributed by atoms with Gasteiger partial charge in [-0.1, -0.05) is 45.6 Å². The van der Waals surface area contributed by atoms with E-state index in [1.165, 1.54) is 90.9 Å². The zero-order chi connectivity index (χ0) is 25.4. The number of carbonyl (C=O) groups is 1. The van der Waals surface area contributed by atoms with Crippen LogP contribution in [-0.4, -0.2) is 19.7 Å². The highest BCUT2D eigenvalue weighted by molar-refractivity contribution is 7.72. The van der Waals surface area contributed by atoms with Crippen LogP contribution in [0.4, 0.5) is 0 Å². The molecular weight excluding hydrogens is 455 g/mol. The van der Waals surface area contributed by atoms with Crippen molar-refractivity contribution in [2.45, 2.75) is 111 Å². The lowest BCUT2D eigenvalue weighted by Gasteiger charge is -2.61. The maximum atomic E-state index is 12.3. The van der Waals surface area contributed by atoms with Gasteiger partial charge in [-0.3, -0.25) is 9.36 Å². The second-order valence-corrected chi connectivity index (χ2v) is 15.4. The zero-order valence-electron chi connectivity index (χ0n) is 23.3. The third-order valence-electron chi connectivity index (χ3n) is 11.7. The van der Waals surface area contributed by atoms with E-state index in [-0.39, 0.29) is 0 Å². The van der Waals surface area contributed by atoms with E-state index >= 15 is 0 Å². The maximum absolute atomic E-state index is 12.3.